The fourth-order valence-corrected chi connectivity index (χ4v) is 8.16. The van der Waals surface area contributed by atoms with Gasteiger partial charge in [0.25, 0.3) is 0 Å². The number of halogens is 3. The molecule has 0 aliphatic heterocycles. The molecule has 0 amide bonds. The average Bonchev–Trinajstić information content (AvgIpc) is 2.89. The van der Waals surface area contributed by atoms with Crippen molar-refractivity contribution in [1.29, 1.82) is 0 Å². The molecule has 0 aromatic heterocycles. The first-order valence-electron chi connectivity index (χ1n) is 10.6. The van der Waals surface area contributed by atoms with Crippen molar-refractivity contribution in [1.82, 2.24) is 0 Å². The van der Waals surface area contributed by atoms with Gasteiger partial charge in [-0.2, -0.15) is 22.4 Å². The summed E-state index contributed by atoms with van der Waals surface area (Å²) in [4.78, 5) is 74.9. The molecule has 5 radical (unpaired) electrons. The van der Waals surface area contributed by atoms with Gasteiger partial charge in [-0.25, -0.2) is 0 Å². The fourth-order valence-electron chi connectivity index (χ4n) is 2.47. The summed E-state index contributed by atoms with van der Waals surface area (Å²) in [6, 6.07) is 0. The molecular weight excluding hydrogens is 914 g/mol. The summed E-state index contributed by atoms with van der Waals surface area (Å²) in [6.45, 7) is -1.11. The summed E-state index contributed by atoms with van der Waals surface area (Å²) in [6.07, 6.45) is -2.21. The van der Waals surface area contributed by atoms with E-state index in [4.69, 9.17) is 29.3 Å². The van der Waals surface area contributed by atoms with Crippen LogP contribution in [-0.2, 0) is 57.2 Å². The van der Waals surface area contributed by atoms with Gasteiger partial charge >= 0.3 is 35.8 Å². The van der Waals surface area contributed by atoms with Crippen molar-refractivity contribution in [3.05, 3.63) is 0 Å². The van der Waals surface area contributed by atoms with Gasteiger partial charge in [0, 0.05) is 0 Å². The lowest BCUT2D eigenvalue weighted by Crippen LogP contribution is -2.37. The number of methoxy groups -OCH3 is 3. The molecule has 0 N–H and O–H groups in total. The van der Waals surface area contributed by atoms with Crippen LogP contribution in [0.5, 0.6) is 0 Å². The Hall–Kier alpha value is 0.495. The van der Waals surface area contributed by atoms with Gasteiger partial charge in [-0.3, -0.25) is 28.8 Å². The van der Waals surface area contributed by atoms with E-state index in [9.17, 15) is 28.8 Å². The summed E-state index contributed by atoms with van der Waals surface area (Å²) < 4.78 is 29.8. The number of hydrogen-bond donors (Lipinski definition) is 0. The molecule has 0 aliphatic rings. The highest BCUT2D eigenvalue weighted by Crippen LogP contribution is 2.48. The predicted molar refractivity (Wildman–Crippen MR) is 175 cm³/mol. The Labute approximate surface area is 273 Å². The minimum atomic E-state index is -1.52. The average molecular weight is 938 g/mol. The first kappa shape index (κ1) is 39.5. The second kappa shape index (κ2) is 22.1. The molecule has 0 aromatic rings. The van der Waals surface area contributed by atoms with Crippen molar-refractivity contribution in [3.63, 3.8) is 0 Å². The Morgan fingerprint density at radius 2 is 1.15 bits per heavy atom. The lowest BCUT2D eigenvalue weighted by molar-refractivity contribution is -0.167. The van der Waals surface area contributed by atoms with Crippen LogP contribution < -0.4 is 0 Å². The van der Waals surface area contributed by atoms with E-state index in [1.54, 1.807) is 26.9 Å². The molecule has 0 aromatic carbocycles. The second-order valence-corrected chi connectivity index (χ2v) is 19.6. The van der Waals surface area contributed by atoms with Crippen LogP contribution >= 0.6 is 85.8 Å². The number of ether oxygens (including phenoxy) is 6. The highest BCUT2D eigenvalue weighted by molar-refractivity contribution is 14.2. The topological polar surface area (TPSA) is 158 Å². The largest absolute Gasteiger partial charge is 0.469 e. The summed E-state index contributed by atoms with van der Waals surface area (Å²) in [7, 11) is 15.2. The maximum Gasteiger partial charge on any atom is 0.314 e. The van der Waals surface area contributed by atoms with E-state index in [1.165, 1.54) is 7.11 Å². The third-order valence-corrected chi connectivity index (χ3v) is 12.6. The lowest BCUT2D eigenvalue weighted by Gasteiger charge is -2.25. The number of rotatable bonds is 18. The van der Waals surface area contributed by atoms with E-state index < -0.39 is 83.0 Å². The van der Waals surface area contributed by atoms with Crippen molar-refractivity contribution >= 4 is 142 Å². The van der Waals surface area contributed by atoms with Crippen molar-refractivity contribution < 1.29 is 57.2 Å². The van der Waals surface area contributed by atoms with E-state index in [0.717, 1.165) is 14.2 Å². The Bertz CT molecular complexity index is 859. The zero-order valence-corrected chi connectivity index (χ0v) is 30.3. The molecule has 0 bridgehead atoms. The van der Waals surface area contributed by atoms with Gasteiger partial charge in [0.2, 0.25) is 4.86 Å². The Balaban J connectivity index is 5.69. The van der Waals surface area contributed by atoms with Crippen LogP contribution in [0.25, 0.3) is 0 Å². The molecular formula is C18H24B3I3O12P3. The molecule has 0 aliphatic carbocycles. The molecule has 0 heterocycles. The molecule has 0 rings (SSSR count). The van der Waals surface area contributed by atoms with Crippen molar-refractivity contribution in [2.24, 2.45) is 0 Å². The van der Waals surface area contributed by atoms with Gasteiger partial charge in [0.15, 0.2) is 6.10 Å². The first-order chi connectivity index (χ1) is 18.3. The van der Waals surface area contributed by atoms with E-state index in [2.05, 4.69) is 14.2 Å². The summed E-state index contributed by atoms with van der Waals surface area (Å²) in [5.41, 5.74) is -5.88. The van der Waals surface area contributed by atoms with Gasteiger partial charge in [0.05, 0.1) is 57.6 Å². The molecule has 7 unspecified atom stereocenters. The zero-order valence-electron chi connectivity index (χ0n) is 21.0. The van der Waals surface area contributed by atoms with E-state index in [1.807, 2.05) is 44.4 Å². The van der Waals surface area contributed by atoms with Gasteiger partial charge in [0.1, 0.15) is 28.3 Å². The van der Waals surface area contributed by atoms with Gasteiger partial charge in [-0.05, 0) is 0 Å². The zero-order chi connectivity index (χ0) is 30.1. The quantitative estimate of drug-likeness (QED) is 0.0651. The monoisotopic (exact) mass is 939 g/mol. The molecule has 7 atom stereocenters. The van der Waals surface area contributed by atoms with Crippen molar-refractivity contribution in [3.8, 4) is 0 Å². The molecule has 12 nitrogen and oxygen atoms in total. The molecule has 21 heteroatoms. The lowest BCUT2D eigenvalue weighted by atomic mass is 10.3. The normalized spacial score (nSPS) is 15.5. The minimum Gasteiger partial charge on any atom is -0.469 e. The van der Waals surface area contributed by atoms with Gasteiger partial charge in [-0.15, -0.1) is 8.46 Å². The standard InChI is InChI=1S/C18H24B3I3O12P3/c1-31-13(25)4-10(37-21-22)16(28)34-7-9(36-18(30)12(39(20)24)6-15(27)33-3)8-35-17(29)11(38(19)23)5-14(26)32-2/h9-12,37H,4-8H2,1-3H3. The molecule has 213 valence electrons. The van der Waals surface area contributed by atoms with Crippen LogP contribution in [-0.4, -0.2) is 113 Å². The van der Waals surface area contributed by atoms with Crippen LogP contribution in [0.2, 0.25) is 0 Å². The predicted octanol–water partition coefficient (Wildman–Crippen LogP) is 2.26. The van der Waals surface area contributed by atoms with Crippen molar-refractivity contribution in [2.45, 2.75) is 42.3 Å². The van der Waals surface area contributed by atoms with Crippen LogP contribution in [0.4, 0.5) is 0 Å². The summed E-state index contributed by atoms with van der Waals surface area (Å²) in [5.74, 6) is -4.47. The molecule has 0 spiro atoms. The second-order valence-electron chi connectivity index (χ2n) is 7.21. The number of carbonyl (C=O) groups excluding carboxylic acids is 6. The third kappa shape index (κ3) is 16.6. The number of esters is 6. The highest BCUT2D eigenvalue weighted by Gasteiger charge is 2.33. The third-order valence-electron chi connectivity index (χ3n) is 4.57. The first-order valence-corrected chi connectivity index (χ1v) is 21.6. The fraction of sp³-hybridized carbons (Fsp3) is 0.667. The highest BCUT2D eigenvalue weighted by atomic mass is 127. The smallest absolute Gasteiger partial charge is 0.314 e. The van der Waals surface area contributed by atoms with Crippen LogP contribution in [0.15, 0.2) is 0 Å². The Morgan fingerprint density at radius 1 is 0.744 bits per heavy atom. The summed E-state index contributed by atoms with van der Waals surface area (Å²) in [5, 5.41) is 0. The summed E-state index contributed by atoms with van der Waals surface area (Å²) >= 11 is 5.55. The van der Waals surface area contributed by atoms with E-state index in [-0.39, 0.29) is 27.7 Å². The Kier molecular flexibility index (Phi) is 22.4. The SMILES string of the molecule is [B]P(I)C(CC(=O)OC)C(=O)OCC(COC(=O)C(CC(=O)OC)P[B]I)OC(=O)C(CC(=O)OC)P([B])I. The maximum absolute atomic E-state index is 12.9. The number of hydrogen-bond acceptors (Lipinski definition) is 12. The van der Waals surface area contributed by atoms with Crippen LogP contribution in [0.3, 0.4) is 0 Å². The van der Waals surface area contributed by atoms with Gasteiger partial charge in [-0.1, -0.05) is 55.0 Å². The Morgan fingerprint density at radius 3 is 1.56 bits per heavy atom. The van der Waals surface area contributed by atoms with Gasteiger partial charge < -0.3 is 28.4 Å². The minimum absolute atomic E-state index is 0.0708. The molecule has 39 heavy (non-hydrogen) atoms. The van der Waals surface area contributed by atoms with Crippen LogP contribution in [0, 0.1) is 0 Å². The van der Waals surface area contributed by atoms with Crippen LogP contribution in [0.1, 0.15) is 19.3 Å². The maximum atomic E-state index is 12.9. The molecule has 0 saturated carbocycles. The molecule has 0 saturated heterocycles. The van der Waals surface area contributed by atoms with Crippen molar-refractivity contribution in [2.75, 3.05) is 34.5 Å². The number of carbonyl (C=O) groups is 6. The van der Waals surface area contributed by atoms with E-state index in [0.29, 0.717) is 0 Å². The molecule has 0 fully saturated rings. The van der Waals surface area contributed by atoms with E-state index >= 15 is 0 Å².